The van der Waals surface area contributed by atoms with E-state index in [1.807, 2.05) is 0 Å². The highest BCUT2D eigenvalue weighted by atomic mass is 16.2. The number of amides is 4. The summed E-state index contributed by atoms with van der Waals surface area (Å²) in [5.41, 5.74) is 0. The van der Waals surface area contributed by atoms with Gasteiger partial charge in [0.1, 0.15) is 12.2 Å². The molecule has 0 aromatic rings. The van der Waals surface area contributed by atoms with Gasteiger partial charge in [-0.3, -0.25) is 24.0 Å². The number of ketones is 1. The van der Waals surface area contributed by atoms with Crippen molar-refractivity contribution >= 4 is 29.4 Å². The van der Waals surface area contributed by atoms with Gasteiger partial charge in [0.05, 0.1) is 19.6 Å². The van der Waals surface area contributed by atoms with Crippen LogP contribution in [-0.2, 0) is 24.0 Å². The second-order valence-corrected chi connectivity index (χ2v) is 10.2. The highest BCUT2D eigenvalue weighted by molar-refractivity contribution is 5.98. The first-order valence-corrected chi connectivity index (χ1v) is 12.9. The molecule has 0 heterocycles. The van der Waals surface area contributed by atoms with Crippen LogP contribution in [-0.4, -0.2) is 61.8 Å². The van der Waals surface area contributed by atoms with Gasteiger partial charge >= 0.3 is 0 Å². The summed E-state index contributed by atoms with van der Waals surface area (Å²) in [7, 11) is 1.78. The second kappa shape index (κ2) is 14.8. The molecular weight excluding hydrogens is 450 g/mol. The maximum absolute atomic E-state index is 12.2. The first-order valence-electron chi connectivity index (χ1n) is 12.9. The smallest absolute Gasteiger partial charge is 0.234 e. The molecule has 2 rings (SSSR count). The molecule has 5 N–H and O–H groups in total. The van der Waals surface area contributed by atoms with E-state index in [2.05, 4.69) is 33.5 Å². The monoisotopic (exact) mass is 493 g/mol. The molecule has 0 aromatic carbocycles. The molecule has 198 valence electrons. The molecule has 0 spiro atoms. The van der Waals surface area contributed by atoms with Gasteiger partial charge in [-0.25, -0.2) is 0 Å². The summed E-state index contributed by atoms with van der Waals surface area (Å²) in [4.78, 5) is 58.2. The van der Waals surface area contributed by atoms with Crippen LogP contribution in [0.1, 0.15) is 78.1 Å². The van der Waals surface area contributed by atoms with Gasteiger partial charge in [0.2, 0.25) is 23.6 Å². The van der Waals surface area contributed by atoms with Crippen molar-refractivity contribution in [1.29, 1.82) is 0 Å². The van der Waals surface area contributed by atoms with E-state index in [0.29, 0.717) is 30.3 Å². The minimum atomic E-state index is -0.467. The Hall–Kier alpha value is -2.49. The van der Waals surface area contributed by atoms with Gasteiger partial charge in [-0.1, -0.05) is 6.92 Å². The van der Waals surface area contributed by atoms with Gasteiger partial charge in [-0.15, -0.1) is 0 Å². The lowest BCUT2D eigenvalue weighted by Gasteiger charge is -2.39. The van der Waals surface area contributed by atoms with Crippen molar-refractivity contribution in [2.24, 2.45) is 17.8 Å². The minimum Gasteiger partial charge on any atom is -0.353 e. The summed E-state index contributed by atoms with van der Waals surface area (Å²) in [6, 6.07) is 0.381. The Bertz CT molecular complexity index is 743. The van der Waals surface area contributed by atoms with Crippen LogP contribution in [0.5, 0.6) is 0 Å². The number of likely N-dealkylation sites (N-methyl/N-ethyl adjacent to an activating group) is 1. The third kappa shape index (κ3) is 10.8. The molecule has 0 aliphatic heterocycles. The average Bonchev–Trinajstić information content (AvgIpc) is 2.79. The van der Waals surface area contributed by atoms with Crippen molar-refractivity contribution < 1.29 is 24.0 Å². The third-order valence-corrected chi connectivity index (χ3v) is 7.40. The highest BCUT2D eigenvalue weighted by Crippen LogP contribution is 2.39. The standard InChI is InChI=1S/C25H43N5O5/c1-16(31)12-22(32)27-15-28-23(33)13-24(34)29-20-8-4-18(5-9-20)17(2)19-6-10-21(11-7-19)30-25(35)14-26-3/h17-21,26H,4-15H2,1-3H3,(H,27,32)(H,28,33)(H,29,34)(H,30,35). The van der Waals surface area contributed by atoms with Crippen molar-refractivity contribution in [3.8, 4) is 0 Å². The Labute approximate surface area is 208 Å². The van der Waals surface area contributed by atoms with E-state index in [4.69, 9.17) is 0 Å². The first-order chi connectivity index (χ1) is 16.7. The molecule has 0 saturated heterocycles. The van der Waals surface area contributed by atoms with E-state index < -0.39 is 11.8 Å². The molecule has 10 nitrogen and oxygen atoms in total. The van der Waals surface area contributed by atoms with Gasteiger partial charge < -0.3 is 26.6 Å². The van der Waals surface area contributed by atoms with Crippen LogP contribution in [0.4, 0.5) is 0 Å². The molecule has 4 amide bonds. The number of carbonyl (C=O) groups is 5. The van der Waals surface area contributed by atoms with Crippen LogP contribution in [0.3, 0.4) is 0 Å². The van der Waals surface area contributed by atoms with Crippen molar-refractivity contribution in [1.82, 2.24) is 26.6 Å². The van der Waals surface area contributed by atoms with E-state index >= 15 is 0 Å². The van der Waals surface area contributed by atoms with Crippen LogP contribution in [0.15, 0.2) is 0 Å². The van der Waals surface area contributed by atoms with Gasteiger partial charge in [-0.2, -0.15) is 0 Å². The molecule has 0 bridgehead atoms. The Morgan fingerprint density at radius 2 is 1.14 bits per heavy atom. The topological polar surface area (TPSA) is 146 Å². The van der Waals surface area contributed by atoms with Gasteiger partial charge in [0.25, 0.3) is 0 Å². The number of carbonyl (C=O) groups excluding carboxylic acids is 5. The highest BCUT2D eigenvalue weighted by Gasteiger charge is 2.33. The first kappa shape index (κ1) is 28.7. The van der Waals surface area contributed by atoms with Crippen LogP contribution in [0, 0.1) is 17.8 Å². The maximum Gasteiger partial charge on any atom is 0.234 e. The summed E-state index contributed by atoms with van der Waals surface area (Å²) in [6.45, 7) is 3.93. The van der Waals surface area contributed by atoms with E-state index in [-0.39, 0.29) is 43.1 Å². The molecule has 10 heteroatoms. The molecular formula is C25H43N5O5. The Kier molecular flexibility index (Phi) is 12.2. The Morgan fingerprint density at radius 3 is 1.60 bits per heavy atom. The molecule has 35 heavy (non-hydrogen) atoms. The molecule has 2 aliphatic carbocycles. The number of hydrogen-bond acceptors (Lipinski definition) is 6. The zero-order valence-electron chi connectivity index (χ0n) is 21.4. The predicted molar refractivity (Wildman–Crippen MR) is 132 cm³/mol. The molecule has 0 aromatic heterocycles. The Balaban J connectivity index is 1.61. The minimum absolute atomic E-state index is 0.0679. The van der Waals surface area contributed by atoms with E-state index in [1.165, 1.54) is 6.92 Å². The lowest BCUT2D eigenvalue weighted by Crippen LogP contribution is -2.43. The van der Waals surface area contributed by atoms with Gasteiger partial charge in [0, 0.05) is 12.1 Å². The number of nitrogens with one attached hydrogen (secondary N) is 5. The molecule has 1 atom stereocenters. The quantitative estimate of drug-likeness (QED) is 0.200. The largest absolute Gasteiger partial charge is 0.353 e. The fraction of sp³-hybridized carbons (Fsp3) is 0.800. The van der Waals surface area contributed by atoms with Crippen LogP contribution in [0.25, 0.3) is 0 Å². The fourth-order valence-electron chi connectivity index (χ4n) is 5.42. The average molecular weight is 494 g/mol. The fourth-order valence-corrected chi connectivity index (χ4v) is 5.42. The third-order valence-electron chi connectivity index (χ3n) is 7.40. The van der Waals surface area contributed by atoms with Crippen LogP contribution in [0.2, 0.25) is 0 Å². The molecule has 2 saturated carbocycles. The predicted octanol–water partition coefficient (Wildman–Crippen LogP) is 0.751. The summed E-state index contributed by atoms with van der Waals surface area (Å²) in [5.74, 6) is 0.531. The summed E-state index contributed by atoms with van der Waals surface area (Å²) >= 11 is 0. The normalized spacial score (nSPS) is 25.1. The number of hydrogen-bond donors (Lipinski definition) is 5. The molecule has 0 radical (unpaired) electrons. The van der Waals surface area contributed by atoms with Crippen molar-refractivity contribution in [2.45, 2.75) is 90.1 Å². The SMILES string of the molecule is CNCC(=O)NC1CCC(C(C)C2CCC(NC(=O)CC(=O)NCNC(=O)CC(C)=O)CC2)CC1. The van der Waals surface area contributed by atoms with Crippen molar-refractivity contribution in [3.05, 3.63) is 0 Å². The summed E-state index contributed by atoms with van der Waals surface area (Å²) < 4.78 is 0. The van der Waals surface area contributed by atoms with Crippen LogP contribution < -0.4 is 26.6 Å². The lowest BCUT2D eigenvalue weighted by molar-refractivity contribution is -0.130. The zero-order chi connectivity index (χ0) is 25.8. The zero-order valence-corrected chi connectivity index (χ0v) is 21.4. The van der Waals surface area contributed by atoms with Crippen molar-refractivity contribution in [3.63, 3.8) is 0 Å². The molecule has 2 fully saturated rings. The maximum atomic E-state index is 12.2. The van der Waals surface area contributed by atoms with E-state index in [1.54, 1.807) is 7.05 Å². The summed E-state index contributed by atoms with van der Waals surface area (Å²) in [6.07, 6.45) is 7.83. The number of Topliss-reactive ketones (excluding diaryl/α,β-unsaturated/α-hetero) is 1. The van der Waals surface area contributed by atoms with Gasteiger partial charge in [-0.05, 0) is 83.1 Å². The molecule has 1 unspecified atom stereocenters. The lowest BCUT2D eigenvalue weighted by atomic mass is 9.69. The van der Waals surface area contributed by atoms with E-state index in [9.17, 15) is 24.0 Å². The summed E-state index contributed by atoms with van der Waals surface area (Å²) in [5, 5.41) is 13.9. The second-order valence-electron chi connectivity index (χ2n) is 10.2. The van der Waals surface area contributed by atoms with Crippen molar-refractivity contribution in [2.75, 3.05) is 20.3 Å². The van der Waals surface area contributed by atoms with Gasteiger partial charge in [0.15, 0.2) is 0 Å². The number of rotatable bonds is 12. The molecule has 2 aliphatic rings. The van der Waals surface area contributed by atoms with E-state index in [0.717, 1.165) is 51.4 Å². The Morgan fingerprint density at radius 1 is 0.686 bits per heavy atom. The van der Waals surface area contributed by atoms with Crippen LogP contribution >= 0.6 is 0 Å².